The summed E-state index contributed by atoms with van der Waals surface area (Å²) in [4.78, 5) is 29.3. The summed E-state index contributed by atoms with van der Waals surface area (Å²) >= 11 is 0. The third-order valence-electron chi connectivity index (χ3n) is 7.27. The number of sulfonamides is 1. The lowest BCUT2D eigenvalue weighted by atomic mass is 10.0. The summed E-state index contributed by atoms with van der Waals surface area (Å²) < 4.78 is 32.4. The molecule has 8 nitrogen and oxygen atoms in total. The predicted octanol–water partition coefficient (Wildman–Crippen LogP) is 4.33. The molecule has 0 aromatic heterocycles. The summed E-state index contributed by atoms with van der Waals surface area (Å²) in [5.74, 6) is -0.406. The number of nitrogens with one attached hydrogen (secondary N) is 1. The average Bonchev–Trinajstić information content (AvgIpc) is 3.55. The Labute approximate surface area is 243 Å². The molecule has 41 heavy (non-hydrogen) atoms. The van der Waals surface area contributed by atoms with Crippen LogP contribution in [0.4, 0.5) is 0 Å². The Kier molecular flexibility index (Phi) is 11.1. The highest BCUT2D eigenvalue weighted by atomic mass is 32.2. The molecule has 2 amide bonds. The van der Waals surface area contributed by atoms with E-state index in [0.717, 1.165) is 29.5 Å². The normalized spacial score (nSPS) is 14.5. The minimum absolute atomic E-state index is 0.163. The zero-order valence-electron chi connectivity index (χ0n) is 23.6. The lowest BCUT2D eigenvalue weighted by Gasteiger charge is -2.32. The first-order valence-electron chi connectivity index (χ1n) is 14.1. The SMILES string of the molecule is COCCCNC(=O)C(c1ccccc1)N(Cc1ccccc1)C(=O)CCc1ccc(S(=O)(=O)N2CCCC2)cc1. The number of nitrogens with zero attached hydrogens (tertiary/aromatic N) is 2. The van der Waals surface area contributed by atoms with Crippen LogP contribution in [-0.2, 0) is 37.3 Å². The molecule has 218 valence electrons. The van der Waals surface area contributed by atoms with Gasteiger partial charge in [-0.3, -0.25) is 9.59 Å². The summed E-state index contributed by atoms with van der Waals surface area (Å²) in [6, 6.07) is 25.0. The second-order valence-electron chi connectivity index (χ2n) is 10.2. The van der Waals surface area contributed by atoms with Gasteiger partial charge in [0.2, 0.25) is 21.8 Å². The van der Waals surface area contributed by atoms with E-state index >= 15 is 0 Å². The van der Waals surface area contributed by atoms with Gasteiger partial charge < -0.3 is 15.0 Å². The number of amides is 2. The van der Waals surface area contributed by atoms with Gasteiger partial charge in [0.15, 0.2) is 0 Å². The molecule has 1 N–H and O–H groups in total. The minimum Gasteiger partial charge on any atom is -0.385 e. The Hall–Kier alpha value is -3.53. The number of hydrogen-bond donors (Lipinski definition) is 1. The van der Waals surface area contributed by atoms with Gasteiger partial charge in [0.05, 0.1) is 4.90 Å². The van der Waals surface area contributed by atoms with Crippen molar-refractivity contribution in [2.24, 2.45) is 0 Å². The number of benzene rings is 3. The Morgan fingerprint density at radius 3 is 2.17 bits per heavy atom. The second-order valence-corrected chi connectivity index (χ2v) is 12.2. The van der Waals surface area contributed by atoms with Crippen LogP contribution in [0.3, 0.4) is 0 Å². The molecule has 1 heterocycles. The van der Waals surface area contributed by atoms with E-state index in [1.165, 1.54) is 4.31 Å². The maximum atomic E-state index is 13.8. The van der Waals surface area contributed by atoms with E-state index in [1.54, 1.807) is 36.3 Å². The Bertz CT molecular complexity index is 1360. The number of methoxy groups -OCH3 is 1. The van der Waals surface area contributed by atoms with Crippen molar-refractivity contribution in [3.8, 4) is 0 Å². The zero-order chi connectivity index (χ0) is 29.1. The van der Waals surface area contributed by atoms with E-state index in [2.05, 4.69) is 5.32 Å². The number of carbonyl (C=O) groups is 2. The van der Waals surface area contributed by atoms with E-state index in [4.69, 9.17) is 4.74 Å². The standard InChI is InChI=1S/C32H39N3O5S/c1-40-24-10-21-33-32(37)31(28-13-6-3-7-14-28)35(25-27-11-4-2-5-12-27)30(36)20-17-26-15-18-29(19-16-26)41(38,39)34-22-8-9-23-34/h2-7,11-16,18-19,31H,8-10,17,20-25H2,1H3,(H,33,37). The van der Waals surface area contributed by atoms with Crippen LogP contribution in [-0.4, -0.2) is 62.8 Å². The van der Waals surface area contributed by atoms with Crippen LogP contribution in [0.25, 0.3) is 0 Å². The fourth-order valence-corrected chi connectivity index (χ4v) is 6.55. The maximum Gasteiger partial charge on any atom is 0.247 e. The number of hydrogen-bond acceptors (Lipinski definition) is 5. The van der Waals surface area contributed by atoms with Crippen LogP contribution in [0.2, 0.25) is 0 Å². The number of aryl methyl sites for hydroxylation is 1. The van der Waals surface area contributed by atoms with Crippen molar-refractivity contribution in [2.45, 2.75) is 49.6 Å². The van der Waals surface area contributed by atoms with Gasteiger partial charge in [-0.25, -0.2) is 8.42 Å². The van der Waals surface area contributed by atoms with Crippen LogP contribution in [0.15, 0.2) is 89.8 Å². The Balaban J connectivity index is 1.53. The number of carbonyl (C=O) groups excluding carboxylic acids is 2. The molecular formula is C32H39N3O5S. The summed E-state index contributed by atoms with van der Waals surface area (Å²) in [5, 5.41) is 2.98. The quantitative estimate of drug-likeness (QED) is 0.288. The lowest BCUT2D eigenvalue weighted by Crippen LogP contribution is -2.43. The highest BCUT2D eigenvalue weighted by Gasteiger charge is 2.31. The molecule has 1 saturated heterocycles. The van der Waals surface area contributed by atoms with Crippen molar-refractivity contribution >= 4 is 21.8 Å². The largest absolute Gasteiger partial charge is 0.385 e. The lowest BCUT2D eigenvalue weighted by molar-refractivity contribution is -0.141. The molecule has 1 fully saturated rings. The molecule has 0 bridgehead atoms. The molecule has 1 unspecified atom stereocenters. The molecular weight excluding hydrogens is 538 g/mol. The van der Waals surface area contributed by atoms with E-state index in [-0.39, 0.29) is 29.7 Å². The number of rotatable bonds is 14. The van der Waals surface area contributed by atoms with Gasteiger partial charge in [0.1, 0.15) is 6.04 Å². The third kappa shape index (κ3) is 8.25. The molecule has 4 rings (SSSR count). The molecule has 0 spiro atoms. The molecule has 3 aromatic rings. The van der Waals surface area contributed by atoms with Crippen molar-refractivity contribution in [1.29, 1.82) is 0 Å². The minimum atomic E-state index is -3.49. The first kappa shape index (κ1) is 30.4. The third-order valence-corrected chi connectivity index (χ3v) is 9.18. The van der Waals surface area contributed by atoms with Crippen LogP contribution < -0.4 is 5.32 Å². The van der Waals surface area contributed by atoms with Gasteiger partial charge in [-0.1, -0.05) is 72.8 Å². The molecule has 3 aromatic carbocycles. The van der Waals surface area contributed by atoms with Gasteiger partial charge in [0.25, 0.3) is 0 Å². The van der Waals surface area contributed by atoms with E-state index in [9.17, 15) is 18.0 Å². The highest BCUT2D eigenvalue weighted by molar-refractivity contribution is 7.89. The number of ether oxygens (including phenoxy) is 1. The van der Waals surface area contributed by atoms with Gasteiger partial charge in [-0.05, 0) is 54.5 Å². The summed E-state index contributed by atoms with van der Waals surface area (Å²) in [6.45, 7) is 2.35. The zero-order valence-corrected chi connectivity index (χ0v) is 24.4. The first-order chi connectivity index (χ1) is 19.9. The van der Waals surface area contributed by atoms with Crippen molar-refractivity contribution < 1.29 is 22.7 Å². The summed E-state index contributed by atoms with van der Waals surface area (Å²) in [5.41, 5.74) is 2.52. The van der Waals surface area contributed by atoms with Crippen LogP contribution in [0.1, 0.15) is 48.4 Å². The van der Waals surface area contributed by atoms with E-state index in [0.29, 0.717) is 39.1 Å². The first-order valence-corrected chi connectivity index (χ1v) is 15.6. The fraction of sp³-hybridized carbons (Fsp3) is 0.375. The van der Waals surface area contributed by atoms with Gasteiger partial charge >= 0.3 is 0 Å². The molecule has 1 aliphatic heterocycles. The summed E-state index contributed by atoms with van der Waals surface area (Å²) in [7, 11) is -1.87. The van der Waals surface area contributed by atoms with E-state index < -0.39 is 16.1 Å². The van der Waals surface area contributed by atoms with Gasteiger partial charge in [-0.2, -0.15) is 4.31 Å². The average molecular weight is 578 g/mol. The Morgan fingerprint density at radius 2 is 1.54 bits per heavy atom. The van der Waals surface area contributed by atoms with Crippen LogP contribution >= 0.6 is 0 Å². The smallest absolute Gasteiger partial charge is 0.247 e. The van der Waals surface area contributed by atoms with Crippen molar-refractivity contribution in [1.82, 2.24) is 14.5 Å². The fourth-order valence-electron chi connectivity index (χ4n) is 5.04. The second kappa shape index (κ2) is 14.9. The Morgan fingerprint density at radius 1 is 0.902 bits per heavy atom. The topological polar surface area (TPSA) is 96.0 Å². The van der Waals surface area contributed by atoms with Gasteiger partial charge in [-0.15, -0.1) is 0 Å². The van der Waals surface area contributed by atoms with Gasteiger partial charge in [0, 0.05) is 46.3 Å². The molecule has 1 atom stereocenters. The van der Waals surface area contributed by atoms with Crippen molar-refractivity contribution in [2.75, 3.05) is 33.4 Å². The monoisotopic (exact) mass is 577 g/mol. The highest BCUT2D eigenvalue weighted by Crippen LogP contribution is 2.26. The maximum absolute atomic E-state index is 13.8. The van der Waals surface area contributed by atoms with Crippen molar-refractivity contribution in [3.05, 3.63) is 102 Å². The molecule has 0 radical (unpaired) electrons. The molecule has 0 saturated carbocycles. The van der Waals surface area contributed by atoms with Crippen LogP contribution in [0.5, 0.6) is 0 Å². The summed E-state index contributed by atoms with van der Waals surface area (Å²) in [6.07, 6.45) is 3.03. The molecule has 9 heteroatoms. The molecule has 0 aliphatic carbocycles. The van der Waals surface area contributed by atoms with Crippen LogP contribution in [0, 0.1) is 0 Å². The van der Waals surface area contributed by atoms with Crippen molar-refractivity contribution in [3.63, 3.8) is 0 Å². The predicted molar refractivity (Wildman–Crippen MR) is 158 cm³/mol. The van der Waals surface area contributed by atoms with E-state index in [1.807, 2.05) is 60.7 Å². The molecule has 1 aliphatic rings.